The molecule has 2 atom stereocenters. The van der Waals surface area contributed by atoms with Gasteiger partial charge in [-0.25, -0.2) is 12.8 Å². The van der Waals surface area contributed by atoms with Gasteiger partial charge in [0.1, 0.15) is 5.82 Å². The zero-order valence-corrected chi connectivity index (χ0v) is 14.1. The number of carbonyl (C=O) groups is 1. The fourth-order valence-electron chi connectivity index (χ4n) is 2.86. The summed E-state index contributed by atoms with van der Waals surface area (Å²) in [5.74, 6) is -0.988. The Bertz CT molecular complexity index is 691. The number of benzene rings is 1. The Morgan fingerprint density at radius 3 is 2.74 bits per heavy atom. The third-order valence-corrected chi connectivity index (χ3v) is 4.52. The van der Waals surface area contributed by atoms with Crippen LogP contribution in [0.15, 0.2) is 18.2 Å². The first-order chi connectivity index (χ1) is 10.7. The Labute approximate surface area is 135 Å². The van der Waals surface area contributed by atoms with Crippen LogP contribution in [0.25, 0.3) is 0 Å². The van der Waals surface area contributed by atoms with Gasteiger partial charge in [0.15, 0.2) is 0 Å². The van der Waals surface area contributed by atoms with Crippen LogP contribution in [0.1, 0.15) is 36.5 Å². The molecule has 1 heterocycles. The number of nitrogens with zero attached hydrogens (tertiary/aromatic N) is 1. The van der Waals surface area contributed by atoms with Gasteiger partial charge < -0.3 is 10.6 Å². The molecule has 0 bridgehead atoms. The maximum absolute atomic E-state index is 13.7. The second kappa shape index (κ2) is 6.84. The topological polar surface area (TPSA) is 92.5 Å². The van der Waals surface area contributed by atoms with Crippen molar-refractivity contribution in [3.63, 3.8) is 0 Å². The third kappa shape index (κ3) is 4.42. The summed E-state index contributed by atoms with van der Waals surface area (Å²) in [6.07, 6.45) is 3.67. The first kappa shape index (κ1) is 17.7. The number of carbonyl (C=O) groups excluding carboxylic acids is 1. The Morgan fingerprint density at radius 1 is 1.43 bits per heavy atom. The molecule has 2 unspecified atom stereocenters. The first-order valence-electron chi connectivity index (χ1n) is 7.53. The van der Waals surface area contributed by atoms with Gasteiger partial charge in [0.25, 0.3) is 5.91 Å². The van der Waals surface area contributed by atoms with Crippen LogP contribution in [0, 0.1) is 5.82 Å². The summed E-state index contributed by atoms with van der Waals surface area (Å²) in [6.45, 7) is 2.45. The van der Waals surface area contributed by atoms with Gasteiger partial charge in [-0.3, -0.25) is 9.52 Å². The van der Waals surface area contributed by atoms with E-state index in [1.165, 1.54) is 12.1 Å². The molecule has 0 saturated carbocycles. The van der Waals surface area contributed by atoms with E-state index in [1.807, 2.05) is 6.92 Å². The lowest BCUT2D eigenvalue weighted by molar-refractivity contribution is 0.0584. The van der Waals surface area contributed by atoms with Crippen LogP contribution in [0.4, 0.5) is 10.1 Å². The zero-order chi connectivity index (χ0) is 17.2. The monoisotopic (exact) mass is 343 g/mol. The molecule has 0 aromatic heterocycles. The van der Waals surface area contributed by atoms with Gasteiger partial charge in [-0.15, -0.1) is 0 Å². The van der Waals surface area contributed by atoms with E-state index < -0.39 is 15.8 Å². The van der Waals surface area contributed by atoms with Crippen molar-refractivity contribution in [1.82, 2.24) is 4.90 Å². The van der Waals surface area contributed by atoms with E-state index in [4.69, 9.17) is 5.73 Å². The number of sulfonamides is 1. The summed E-state index contributed by atoms with van der Waals surface area (Å²) in [4.78, 5) is 14.4. The number of anilines is 1. The van der Waals surface area contributed by atoms with Gasteiger partial charge in [0.05, 0.1) is 11.9 Å². The number of piperidine rings is 1. The van der Waals surface area contributed by atoms with Crippen molar-refractivity contribution in [2.75, 3.05) is 17.5 Å². The number of nitrogens with one attached hydrogen (secondary N) is 1. The predicted octanol–water partition coefficient (Wildman–Crippen LogP) is 1.54. The fourth-order valence-corrected chi connectivity index (χ4v) is 3.41. The number of likely N-dealkylation sites (tertiary alicyclic amines) is 1. The van der Waals surface area contributed by atoms with E-state index in [0.717, 1.165) is 31.6 Å². The largest absolute Gasteiger partial charge is 0.334 e. The lowest BCUT2D eigenvalue weighted by atomic mass is 9.96. The number of nitrogens with two attached hydrogens (primary N) is 1. The molecule has 3 N–H and O–H groups in total. The van der Waals surface area contributed by atoms with E-state index >= 15 is 0 Å². The number of rotatable bonds is 4. The number of hydrogen-bond donors (Lipinski definition) is 2. The number of hydrogen-bond acceptors (Lipinski definition) is 4. The van der Waals surface area contributed by atoms with Gasteiger partial charge in [0, 0.05) is 24.2 Å². The van der Waals surface area contributed by atoms with Crippen molar-refractivity contribution < 1.29 is 17.6 Å². The van der Waals surface area contributed by atoms with Crippen LogP contribution in [0.3, 0.4) is 0 Å². The summed E-state index contributed by atoms with van der Waals surface area (Å²) < 4.78 is 38.4. The highest BCUT2D eigenvalue weighted by Gasteiger charge is 2.30. The van der Waals surface area contributed by atoms with Crippen LogP contribution in [0.2, 0.25) is 0 Å². The lowest BCUT2D eigenvalue weighted by Gasteiger charge is -2.38. The lowest BCUT2D eigenvalue weighted by Crippen LogP contribution is -2.51. The van der Waals surface area contributed by atoms with Crippen molar-refractivity contribution in [2.24, 2.45) is 5.73 Å². The molecule has 1 aliphatic rings. The van der Waals surface area contributed by atoms with Crippen LogP contribution in [-0.4, -0.2) is 44.1 Å². The molecule has 0 spiro atoms. The molecule has 1 aromatic rings. The standard InChI is InChI=1S/C15H22FN3O3S/c1-10(17)14-5-3-4-8-19(14)15(20)11-6-7-12(16)13(9-11)18-23(2,21)22/h6-7,9-10,14,18H,3-5,8,17H2,1-2H3. The summed E-state index contributed by atoms with van der Waals surface area (Å²) in [5.41, 5.74) is 5.98. The van der Waals surface area contributed by atoms with Gasteiger partial charge in [-0.1, -0.05) is 0 Å². The Hall–Kier alpha value is -1.67. The SMILES string of the molecule is CC(N)C1CCCCN1C(=O)c1ccc(F)c(NS(C)(=O)=O)c1. The number of halogens is 1. The minimum absolute atomic E-state index is 0.0624. The van der Waals surface area contributed by atoms with Crippen molar-refractivity contribution >= 4 is 21.6 Å². The summed E-state index contributed by atoms with van der Waals surface area (Å²) in [5, 5.41) is 0. The molecule has 2 rings (SSSR count). The number of amides is 1. The van der Waals surface area contributed by atoms with E-state index in [-0.39, 0.29) is 29.2 Å². The van der Waals surface area contributed by atoms with Crippen LogP contribution in [0.5, 0.6) is 0 Å². The first-order valence-corrected chi connectivity index (χ1v) is 9.42. The average molecular weight is 343 g/mol. The highest BCUT2D eigenvalue weighted by molar-refractivity contribution is 7.92. The molecule has 1 aromatic carbocycles. The molecule has 23 heavy (non-hydrogen) atoms. The fraction of sp³-hybridized carbons (Fsp3) is 0.533. The molecular formula is C15H22FN3O3S. The third-order valence-electron chi connectivity index (χ3n) is 3.93. The molecule has 1 fully saturated rings. The normalized spacial score (nSPS) is 20.2. The Balaban J connectivity index is 2.30. The van der Waals surface area contributed by atoms with Gasteiger partial charge in [-0.05, 0) is 44.4 Å². The molecule has 8 heteroatoms. The summed E-state index contributed by atoms with van der Waals surface area (Å²) in [7, 11) is -3.63. The van der Waals surface area contributed by atoms with Crippen LogP contribution >= 0.6 is 0 Å². The molecule has 1 amide bonds. The second-order valence-corrected chi connectivity index (χ2v) is 7.74. The maximum atomic E-state index is 13.7. The summed E-state index contributed by atoms with van der Waals surface area (Å²) >= 11 is 0. The smallest absolute Gasteiger partial charge is 0.254 e. The Kier molecular flexibility index (Phi) is 5.26. The van der Waals surface area contributed by atoms with Crippen LogP contribution in [-0.2, 0) is 10.0 Å². The van der Waals surface area contributed by atoms with Crippen LogP contribution < -0.4 is 10.5 Å². The quantitative estimate of drug-likeness (QED) is 0.867. The molecular weight excluding hydrogens is 321 g/mol. The molecule has 1 saturated heterocycles. The molecule has 0 radical (unpaired) electrons. The van der Waals surface area contributed by atoms with Gasteiger partial charge in [-0.2, -0.15) is 0 Å². The zero-order valence-electron chi connectivity index (χ0n) is 13.3. The molecule has 128 valence electrons. The molecule has 6 nitrogen and oxygen atoms in total. The van der Waals surface area contributed by atoms with Crippen molar-refractivity contribution in [1.29, 1.82) is 0 Å². The molecule has 0 aliphatic carbocycles. The van der Waals surface area contributed by atoms with Crippen molar-refractivity contribution in [3.8, 4) is 0 Å². The Morgan fingerprint density at radius 2 is 2.13 bits per heavy atom. The maximum Gasteiger partial charge on any atom is 0.254 e. The van der Waals surface area contributed by atoms with Gasteiger partial charge in [0.2, 0.25) is 10.0 Å². The predicted molar refractivity (Wildman–Crippen MR) is 87.2 cm³/mol. The molecule has 1 aliphatic heterocycles. The minimum atomic E-state index is -3.63. The van der Waals surface area contributed by atoms with Gasteiger partial charge >= 0.3 is 0 Å². The minimum Gasteiger partial charge on any atom is -0.334 e. The van der Waals surface area contributed by atoms with E-state index in [0.29, 0.717) is 6.54 Å². The van der Waals surface area contributed by atoms with E-state index in [9.17, 15) is 17.6 Å². The van der Waals surface area contributed by atoms with Crippen molar-refractivity contribution in [2.45, 2.75) is 38.3 Å². The highest BCUT2D eigenvalue weighted by atomic mass is 32.2. The van der Waals surface area contributed by atoms with E-state index in [1.54, 1.807) is 4.90 Å². The van der Waals surface area contributed by atoms with Crippen molar-refractivity contribution in [3.05, 3.63) is 29.6 Å². The average Bonchev–Trinajstić information content (AvgIpc) is 2.47. The second-order valence-electron chi connectivity index (χ2n) is 5.99. The highest BCUT2D eigenvalue weighted by Crippen LogP contribution is 2.24. The van der Waals surface area contributed by atoms with E-state index in [2.05, 4.69) is 4.72 Å². The summed E-state index contributed by atoms with van der Waals surface area (Å²) in [6, 6.07) is 3.45.